The molecule has 1 heterocycles. The van der Waals surface area contributed by atoms with Crippen molar-refractivity contribution in [2.24, 2.45) is 11.1 Å². The highest BCUT2D eigenvalue weighted by atomic mass is 32.1. The van der Waals surface area contributed by atoms with E-state index in [-0.39, 0.29) is 11.9 Å². The average molecular weight is 268 g/mol. The maximum Gasteiger partial charge on any atom is 0.227 e. The van der Waals surface area contributed by atoms with Gasteiger partial charge in [0, 0.05) is 11.6 Å². The number of rotatable bonds is 5. The third-order valence-electron chi connectivity index (χ3n) is 3.68. The van der Waals surface area contributed by atoms with Crippen molar-refractivity contribution >= 4 is 17.2 Å². The highest BCUT2D eigenvalue weighted by Gasteiger charge is 2.40. The van der Waals surface area contributed by atoms with Gasteiger partial charge in [-0.3, -0.25) is 4.79 Å². The van der Waals surface area contributed by atoms with Gasteiger partial charge < -0.3 is 11.1 Å². The standard InChI is InChI=1S/C14H24N2OS/c1-10(8-11-6-7-18-9-11)16-12(17)13(2,3)14(4,5)15/h6-7,9-10H,8,15H2,1-5H3,(H,16,17). The molecule has 0 aliphatic heterocycles. The van der Waals surface area contributed by atoms with Gasteiger partial charge in [-0.25, -0.2) is 0 Å². The zero-order valence-corrected chi connectivity index (χ0v) is 12.7. The topological polar surface area (TPSA) is 55.1 Å². The van der Waals surface area contributed by atoms with Gasteiger partial charge >= 0.3 is 0 Å². The summed E-state index contributed by atoms with van der Waals surface area (Å²) in [6, 6.07) is 2.21. The molecule has 0 aromatic carbocycles. The number of thiophene rings is 1. The number of carbonyl (C=O) groups excluding carboxylic acids is 1. The van der Waals surface area contributed by atoms with Crippen LogP contribution in [0.25, 0.3) is 0 Å². The number of carbonyl (C=O) groups is 1. The fourth-order valence-corrected chi connectivity index (χ4v) is 2.19. The van der Waals surface area contributed by atoms with Crippen LogP contribution in [0.15, 0.2) is 16.8 Å². The summed E-state index contributed by atoms with van der Waals surface area (Å²) in [6.07, 6.45) is 0.857. The molecule has 0 saturated carbocycles. The molecule has 0 spiro atoms. The summed E-state index contributed by atoms with van der Waals surface area (Å²) < 4.78 is 0. The number of nitrogens with two attached hydrogens (primary N) is 1. The van der Waals surface area contributed by atoms with Crippen LogP contribution >= 0.6 is 11.3 Å². The van der Waals surface area contributed by atoms with Gasteiger partial charge in [0.1, 0.15) is 0 Å². The molecule has 0 aliphatic rings. The minimum atomic E-state index is -0.587. The maximum absolute atomic E-state index is 12.3. The number of amides is 1. The molecule has 1 aromatic rings. The third-order valence-corrected chi connectivity index (χ3v) is 4.41. The Bertz CT molecular complexity index is 390. The van der Waals surface area contributed by atoms with Crippen LogP contribution in [-0.4, -0.2) is 17.5 Å². The summed E-state index contributed by atoms with van der Waals surface area (Å²) in [5.74, 6) is 0.0118. The van der Waals surface area contributed by atoms with Crippen molar-refractivity contribution in [3.8, 4) is 0 Å². The molecule has 0 radical (unpaired) electrons. The SMILES string of the molecule is CC(Cc1ccsc1)NC(=O)C(C)(C)C(C)(C)N. The van der Waals surface area contributed by atoms with Crippen LogP contribution in [-0.2, 0) is 11.2 Å². The molecule has 0 aliphatic carbocycles. The van der Waals surface area contributed by atoms with Crippen LogP contribution in [0.2, 0.25) is 0 Å². The van der Waals surface area contributed by atoms with E-state index in [1.807, 2.05) is 34.6 Å². The molecule has 1 amide bonds. The Kier molecular flexibility index (Phi) is 4.56. The van der Waals surface area contributed by atoms with Gasteiger partial charge in [0.25, 0.3) is 0 Å². The van der Waals surface area contributed by atoms with Crippen molar-refractivity contribution in [1.82, 2.24) is 5.32 Å². The summed E-state index contributed by atoms with van der Waals surface area (Å²) in [7, 11) is 0. The fourth-order valence-electron chi connectivity index (χ4n) is 1.51. The minimum absolute atomic E-state index is 0.0118. The van der Waals surface area contributed by atoms with Gasteiger partial charge in [0.15, 0.2) is 0 Å². The second kappa shape index (κ2) is 5.41. The normalized spacial score (nSPS) is 14.3. The Morgan fingerprint density at radius 2 is 2.06 bits per heavy atom. The van der Waals surface area contributed by atoms with E-state index in [9.17, 15) is 4.79 Å². The van der Waals surface area contributed by atoms with Gasteiger partial charge in [0.2, 0.25) is 5.91 Å². The third kappa shape index (κ3) is 3.56. The van der Waals surface area contributed by atoms with Crippen molar-refractivity contribution in [3.05, 3.63) is 22.4 Å². The predicted molar refractivity (Wildman–Crippen MR) is 77.7 cm³/mol. The van der Waals surface area contributed by atoms with E-state index < -0.39 is 11.0 Å². The average Bonchev–Trinajstić information content (AvgIpc) is 2.68. The van der Waals surface area contributed by atoms with E-state index in [1.54, 1.807) is 11.3 Å². The molecule has 3 N–H and O–H groups in total. The monoisotopic (exact) mass is 268 g/mol. The molecule has 102 valence electrons. The van der Waals surface area contributed by atoms with Gasteiger partial charge in [-0.2, -0.15) is 11.3 Å². The van der Waals surface area contributed by atoms with Crippen LogP contribution in [0.1, 0.15) is 40.2 Å². The lowest BCUT2D eigenvalue weighted by Crippen LogP contribution is -2.56. The zero-order valence-electron chi connectivity index (χ0n) is 11.9. The van der Waals surface area contributed by atoms with Crippen molar-refractivity contribution in [3.63, 3.8) is 0 Å². The zero-order chi connectivity index (χ0) is 14.0. The van der Waals surface area contributed by atoms with Gasteiger partial charge in [-0.05, 0) is 63.4 Å². The molecule has 1 unspecified atom stereocenters. The van der Waals surface area contributed by atoms with E-state index in [1.165, 1.54) is 5.56 Å². The lowest BCUT2D eigenvalue weighted by atomic mass is 9.74. The van der Waals surface area contributed by atoms with E-state index >= 15 is 0 Å². The quantitative estimate of drug-likeness (QED) is 0.862. The minimum Gasteiger partial charge on any atom is -0.353 e. The highest BCUT2D eigenvalue weighted by Crippen LogP contribution is 2.28. The first-order valence-electron chi connectivity index (χ1n) is 6.25. The van der Waals surface area contributed by atoms with Gasteiger partial charge in [0.05, 0.1) is 5.41 Å². The molecule has 1 aromatic heterocycles. The second-order valence-electron chi connectivity index (χ2n) is 6.06. The molecule has 18 heavy (non-hydrogen) atoms. The molecular weight excluding hydrogens is 244 g/mol. The van der Waals surface area contributed by atoms with Crippen molar-refractivity contribution in [1.29, 1.82) is 0 Å². The van der Waals surface area contributed by atoms with Gasteiger partial charge in [-0.1, -0.05) is 0 Å². The molecule has 4 heteroatoms. The van der Waals surface area contributed by atoms with Crippen LogP contribution < -0.4 is 11.1 Å². The lowest BCUT2D eigenvalue weighted by molar-refractivity contribution is -0.132. The Labute approximate surface area is 114 Å². The molecule has 0 bridgehead atoms. The van der Waals surface area contributed by atoms with Crippen LogP contribution in [0.5, 0.6) is 0 Å². The summed E-state index contributed by atoms with van der Waals surface area (Å²) >= 11 is 1.68. The first kappa shape index (κ1) is 15.2. The second-order valence-corrected chi connectivity index (χ2v) is 6.84. The first-order valence-corrected chi connectivity index (χ1v) is 7.20. The number of hydrogen-bond acceptors (Lipinski definition) is 3. The smallest absolute Gasteiger partial charge is 0.227 e. The van der Waals surface area contributed by atoms with E-state index in [0.717, 1.165) is 6.42 Å². The van der Waals surface area contributed by atoms with Crippen LogP contribution in [0.4, 0.5) is 0 Å². The van der Waals surface area contributed by atoms with Crippen LogP contribution in [0.3, 0.4) is 0 Å². The fraction of sp³-hybridized carbons (Fsp3) is 0.643. The van der Waals surface area contributed by atoms with Gasteiger partial charge in [-0.15, -0.1) is 0 Å². The summed E-state index contributed by atoms with van der Waals surface area (Å²) in [6.45, 7) is 9.57. The highest BCUT2D eigenvalue weighted by molar-refractivity contribution is 7.07. The Morgan fingerprint density at radius 1 is 1.44 bits per heavy atom. The van der Waals surface area contributed by atoms with Crippen molar-refractivity contribution in [2.75, 3.05) is 0 Å². The van der Waals surface area contributed by atoms with E-state index in [0.29, 0.717) is 0 Å². The first-order chi connectivity index (χ1) is 8.14. The Morgan fingerprint density at radius 3 is 2.50 bits per heavy atom. The van der Waals surface area contributed by atoms with E-state index in [2.05, 4.69) is 22.1 Å². The summed E-state index contributed by atoms with van der Waals surface area (Å²) in [5, 5.41) is 7.21. The molecule has 1 atom stereocenters. The predicted octanol–water partition coefficient (Wildman–Crippen LogP) is 2.56. The maximum atomic E-state index is 12.3. The largest absolute Gasteiger partial charge is 0.353 e. The van der Waals surface area contributed by atoms with Crippen LogP contribution in [0, 0.1) is 5.41 Å². The number of nitrogens with one attached hydrogen (secondary N) is 1. The lowest BCUT2D eigenvalue weighted by Gasteiger charge is -2.37. The molecule has 3 nitrogen and oxygen atoms in total. The van der Waals surface area contributed by atoms with Crippen molar-refractivity contribution in [2.45, 2.75) is 52.6 Å². The van der Waals surface area contributed by atoms with Crippen molar-refractivity contribution < 1.29 is 4.79 Å². The summed E-state index contributed by atoms with van der Waals surface area (Å²) in [5.41, 5.74) is 6.20. The van der Waals surface area contributed by atoms with E-state index in [4.69, 9.17) is 5.73 Å². The molecule has 0 saturated heterocycles. The Balaban J connectivity index is 2.59. The summed E-state index contributed by atoms with van der Waals surface area (Å²) in [4.78, 5) is 12.3. The Hall–Kier alpha value is -0.870. The molecule has 0 fully saturated rings. The molecular formula is C14H24N2OS. The number of hydrogen-bond donors (Lipinski definition) is 2. The molecule has 1 rings (SSSR count).